The van der Waals surface area contributed by atoms with E-state index in [-0.39, 0.29) is 5.25 Å². The van der Waals surface area contributed by atoms with Gasteiger partial charge in [0.25, 0.3) is 0 Å². The molecule has 1 saturated carbocycles. The van der Waals surface area contributed by atoms with Gasteiger partial charge < -0.3 is 5.32 Å². The van der Waals surface area contributed by atoms with Gasteiger partial charge in [-0.2, -0.15) is 0 Å². The van der Waals surface area contributed by atoms with E-state index in [0.29, 0.717) is 23.6 Å². The van der Waals surface area contributed by atoms with E-state index in [4.69, 9.17) is 0 Å². The average Bonchev–Trinajstić information content (AvgIpc) is 2.70. The van der Waals surface area contributed by atoms with Gasteiger partial charge in [-0.25, -0.2) is 8.42 Å². The Bertz CT molecular complexity index is 336. The molecule has 2 atom stereocenters. The highest BCUT2D eigenvalue weighted by molar-refractivity contribution is 7.91. The minimum absolute atomic E-state index is 0.230. The topological polar surface area (TPSA) is 46.2 Å². The Hall–Kier alpha value is -0.0900. The largest absolute Gasteiger partial charge is 0.314 e. The second-order valence-corrected chi connectivity index (χ2v) is 8.90. The predicted octanol–water partition coefficient (Wildman–Crippen LogP) is 2.61. The van der Waals surface area contributed by atoms with Gasteiger partial charge in [0.05, 0.1) is 11.0 Å². The molecule has 1 fully saturated rings. The van der Waals surface area contributed by atoms with Crippen molar-refractivity contribution in [2.24, 2.45) is 11.8 Å². The molecular weight excluding hydrogens is 246 g/mol. The maximum absolute atomic E-state index is 11.8. The SMILES string of the molecule is CC(C)NCC1CCCC1CCS(=O)(=O)C(C)C. The standard InChI is InChI=1S/C14H29NO2S/c1-11(2)15-10-14-7-5-6-13(14)8-9-18(16,17)12(3)4/h11-15H,5-10H2,1-4H3. The van der Waals surface area contributed by atoms with Crippen molar-refractivity contribution in [1.82, 2.24) is 5.32 Å². The van der Waals surface area contributed by atoms with E-state index in [1.54, 1.807) is 13.8 Å². The number of sulfone groups is 1. The molecule has 2 unspecified atom stereocenters. The quantitative estimate of drug-likeness (QED) is 0.777. The number of hydrogen-bond acceptors (Lipinski definition) is 3. The van der Waals surface area contributed by atoms with Gasteiger partial charge in [-0.3, -0.25) is 0 Å². The summed E-state index contributed by atoms with van der Waals surface area (Å²) in [6.07, 6.45) is 4.58. The summed E-state index contributed by atoms with van der Waals surface area (Å²) in [6.45, 7) is 8.92. The molecule has 0 aromatic carbocycles. The van der Waals surface area contributed by atoms with E-state index in [0.717, 1.165) is 13.0 Å². The lowest BCUT2D eigenvalue weighted by Crippen LogP contribution is -2.31. The second-order valence-electron chi connectivity index (χ2n) is 6.22. The molecule has 1 rings (SSSR count). The smallest absolute Gasteiger partial charge is 0.152 e. The van der Waals surface area contributed by atoms with Crippen molar-refractivity contribution in [2.45, 2.75) is 64.7 Å². The van der Waals surface area contributed by atoms with Gasteiger partial charge in [-0.1, -0.05) is 26.7 Å². The lowest BCUT2D eigenvalue weighted by molar-refractivity contribution is 0.348. The van der Waals surface area contributed by atoms with Crippen molar-refractivity contribution in [3.8, 4) is 0 Å². The molecule has 1 aliphatic rings. The summed E-state index contributed by atoms with van der Waals surface area (Å²) in [5.74, 6) is 1.65. The Kier molecular flexibility index (Phi) is 6.12. The monoisotopic (exact) mass is 275 g/mol. The Morgan fingerprint density at radius 3 is 2.28 bits per heavy atom. The highest BCUT2D eigenvalue weighted by Gasteiger charge is 2.28. The molecule has 0 aromatic heterocycles. The van der Waals surface area contributed by atoms with Gasteiger partial charge in [-0.15, -0.1) is 0 Å². The molecule has 1 aliphatic carbocycles. The van der Waals surface area contributed by atoms with Crippen molar-refractivity contribution >= 4 is 9.84 Å². The summed E-state index contributed by atoms with van der Waals surface area (Å²) in [7, 11) is -2.86. The van der Waals surface area contributed by atoms with Crippen LogP contribution in [-0.4, -0.2) is 32.0 Å². The van der Waals surface area contributed by atoms with Crippen LogP contribution in [0.4, 0.5) is 0 Å². The van der Waals surface area contributed by atoms with Crippen molar-refractivity contribution in [2.75, 3.05) is 12.3 Å². The molecule has 0 saturated heterocycles. The van der Waals surface area contributed by atoms with Crippen LogP contribution >= 0.6 is 0 Å². The molecule has 0 amide bonds. The molecule has 0 spiro atoms. The zero-order valence-electron chi connectivity index (χ0n) is 12.3. The van der Waals surface area contributed by atoms with Crippen LogP contribution in [0.2, 0.25) is 0 Å². The Morgan fingerprint density at radius 1 is 1.11 bits per heavy atom. The summed E-state index contributed by atoms with van der Waals surface area (Å²) in [5, 5.41) is 3.26. The van der Waals surface area contributed by atoms with E-state index in [1.807, 2.05) is 0 Å². The first kappa shape index (κ1) is 16.0. The fourth-order valence-electron chi connectivity index (χ4n) is 2.70. The molecule has 4 heteroatoms. The van der Waals surface area contributed by atoms with E-state index in [2.05, 4.69) is 19.2 Å². The molecule has 108 valence electrons. The van der Waals surface area contributed by atoms with Crippen LogP contribution in [0.15, 0.2) is 0 Å². The van der Waals surface area contributed by atoms with Crippen LogP contribution in [0.1, 0.15) is 53.4 Å². The van der Waals surface area contributed by atoms with Gasteiger partial charge in [0.2, 0.25) is 0 Å². The van der Waals surface area contributed by atoms with Crippen LogP contribution in [0.25, 0.3) is 0 Å². The van der Waals surface area contributed by atoms with Crippen LogP contribution in [0.5, 0.6) is 0 Å². The number of nitrogens with one attached hydrogen (secondary N) is 1. The van der Waals surface area contributed by atoms with Crippen LogP contribution in [-0.2, 0) is 9.84 Å². The molecule has 0 radical (unpaired) electrons. The molecule has 0 bridgehead atoms. The Balaban J connectivity index is 2.41. The lowest BCUT2D eigenvalue weighted by atomic mass is 9.93. The zero-order valence-corrected chi connectivity index (χ0v) is 13.1. The maximum Gasteiger partial charge on any atom is 0.152 e. The highest BCUT2D eigenvalue weighted by atomic mass is 32.2. The third-order valence-electron chi connectivity index (χ3n) is 4.10. The molecule has 3 nitrogen and oxygen atoms in total. The molecule has 1 N–H and O–H groups in total. The van der Waals surface area contributed by atoms with Crippen molar-refractivity contribution in [3.63, 3.8) is 0 Å². The number of hydrogen-bond donors (Lipinski definition) is 1. The minimum Gasteiger partial charge on any atom is -0.314 e. The maximum atomic E-state index is 11.8. The fourth-order valence-corrected chi connectivity index (χ4v) is 3.80. The van der Waals surface area contributed by atoms with Crippen LogP contribution in [0.3, 0.4) is 0 Å². The summed E-state index contributed by atoms with van der Waals surface area (Å²) in [6, 6.07) is 0.519. The van der Waals surface area contributed by atoms with Gasteiger partial charge in [0.15, 0.2) is 9.84 Å². The Morgan fingerprint density at radius 2 is 1.72 bits per heavy atom. The van der Waals surface area contributed by atoms with Crippen LogP contribution < -0.4 is 5.32 Å². The van der Waals surface area contributed by atoms with Crippen molar-refractivity contribution in [3.05, 3.63) is 0 Å². The van der Waals surface area contributed by atoms with Crippen molar-refractivity contribution in [1.29, 1.82) is 0 Å². The summed E-state index contributed by atoms with van der Waals surface area (Å²) >= 11 is 0. The summed E-state index contributed by atoms with van der Waals surface area (Å²) < 4.78 is 23.7. The molecule has 0 aliphatic heterocycles. The zero-order chi connectivity index (χ0) is 13.8. The number of rotatable bonds is 7. The van der Waals surface area contributed by atoms with Gasteiger partial charge in [0.1, 0.15) is 0 Å². The molecule has 0 aromatic rings. The van der Waals surface area contributed by atoms with E-state index in [9.17, 15) is 8.42 Å². The van der Waals surface area contributed by atoms with Gasteiger partial charge >= 0.3 is 0 Å². The molecular formula is C14H29NO2S. The molecule has 0 heterocycles. The minimum atomic E-state index is -2.86. The highest BCUT2D eigenvalue weighted by Crippen LogP contribution is 2.34. The van der Waals surface area contributed by atoms with E-state index < -0.39 is 9.84 Å². The van der Waals surface area contributed by atoms with E-state index >= 15 is 0 Å². The van der Waals surface area contributed by atoms with Crippen molar-refractivity contribution < 1.29 is 8.42 Å². The molecule has 18 heavy (non-hydrogen) atoms. The predicted molar refractivity (Wildman–Crippen MR) is 77.5 cm³/mol. The first-order chi connectivity index (χ1) is 8.33. The first-order valence-corrected chi connectivity index (χ1v) is 8.99. The third-order valence-corrected chi connectivity index (χ3v) is 6.34. The lowest BCUT2D eigenvalue weighted by Gasteiger charge is -2.21. The second kappa shape index (κ2) is 6.90. The first-order valence-electron chi connectivity index (χ1n) is 7.28. The normalized spacial score (nSPS) is 25.2. The summed E-state index contributed by atoms with van der Waals surface area (Å²) in [5.41, 5.74) is 0. The fraction of sp³-hybridized carbons (Fsp3) is 1.00. The summed E-state index contributed by atoms with van der Waals surface area (Å²) in [4.78, 5) is 0. The van der Waals surface area contributed by atoms with E-state index in [1.165, 1.54) is 19.3 Å². The third kappa shape index (κ3) is 4.88. The Labute approximate surface area is 113 Å². The van der Waals surface area contributed by atoms with Gasteiger partial charge in [-0.05, 0) is 45.1 Å². The van der Waals surface area contributed by atoms with Gasteiger partial charge in [0, 0.05) is 6.04 Å². The average molecular weight is 275 g/mol. The van der Waals surface area contributed by atoms with Crippen LogP contribution in [0, 0.1) is 11.8 Å².